The number of ether oxygens (including phenoxy) is 1. The molecule has 0 radical (unpaired) electrons. The number of nitrogens with zero attached hydrogens (tertiary/aromatic N) is 1. The maximum Gasteiger partial charge on any atom is 0.328 e. The minimum Gasteiger partial charge on any atom is -0.487 e. The highest BCUT2D eigenvalue weighted by Gasteiger charge is 2.24. The Morgan fingerprint density at radius 3 is 2.84 bits per heavy atom. The van der Waals surface area contributed by atoms with E-state index in [0.29, 0.717) is 18.1 Å². The van der Waals surface area contributed by atoms with Gasteiger partial charge >= 0.3 is 11.7 Å². The molecule has 1 fully saturated rings. The van der Waals surface area contributed by atoms with E-state index >= 15 is 0 Å². The molecule has 1 aromatic rings. The van der Waals surface area contributed by atoms with Gasteiger partial charge in [0.05, 0.1) is 11.5 Å². The second kappa shape index (κ2) is 5.51. The van der Waals surface area contributed by atoms with Gasteiger partial charge in [-0.25, -0.2) is 4.79 Å². The Morgan fingerprint density at radius 1 is 1.53 bits per heavy atom. The van der Waals surface area contributed by atoms with E-state index in [2.05, 4.69) is 0 Å². The van der Waals surface area contributed by atoms with Crippen LogP contribution in [0.1, 0.15) is 18.4 Å². The van der Waals surface area contributed by atoms with Crippen molar-refractivity contribution in [2.75, 3.05) is 6.61 Å². The van der Waals surface area contributed by atoms with Gasteiger partial charge in [-0.05, 0) is 42.5 Å². The van der Waals surface area contributed by atoms with Crippen LogP contribution in [0, 0.1) is 16.0 Å². The van der Waals surface area contributed by atoms with Crippen molar-refractivity contribution in [2.24, 2.45) is 5.92 Å². The van der Waals surface area contributed by atoms with Gasteiger partial charge in [0.25, 0.3) is 0 Å². The van der Waals surface area contributed by atoms with Gasteiger partial charge in [-0.3, -0.25) is 10.1 Å². The van der Waals surface area contributed by atoms with Crippen LogP contribution < -0.4 is 4.74 Å². The smallest absolute Gasteiger partial charge is 0.328 e. The van der Waals surface area contributed by atoms with E-state index in [1.807, 2.05) is 0 Å². The lowest BCUT2D eigenvalue weighted by Gasteiger charge is -2.06. The number of carboxylic acids is 1. The van der Waals surface area contributed by atoms with Crippen molar-refractivity contribution in [3.63, 3.8) is 0 Å². The van der Waals surface area contributed by atoms with E-state index in [-0.39, 0.29) is 11.4 Å². The van der Waals surface area contributed by atoms with Gasteiger partial charge < -0.3 is 9.84 Å². The van der Waals surface area contributed by atoms with Crippen LogP contribution in [0.4, 0.5) is 5.69 Å². The fourth-order valence-electron chi connectivity index (χ4n) is 1.56. The Labute approximate surface area is 109 Å². The number of aliphatic carboxylic acids is 1. The molecule has 0 atom stereocenters. The molecule has 0 unspecified atom stereocenters. The first kappa shape index (κ1) is 13.1. The van der Waals surface area contributed by atoms with E-state index in [1.54, 1.807) is 0 Å². The van der Waals surface area contributed by atoms with Crippen LogP contribution >= 0.6 is 0 Å². The minimum absolute atomic E-state index is 0.104. The summed E-state index contributed by atoms with van der Waals surface area (Å²) in [6.45, 7) is 0.465. The third-order valence-electron chi connectivity index (χ3n) is 2.77. The molecule has 0 bridgehead atoms. The van der Waals surface area contributed by atoms with Crippen LogP contribution in [0.15, 0.2) is 24.3 Å². The summed E-state index contributed by atoms with van der Waals surface area (Å²) in [6.07, 6.45) is 4.53. The second-order valence-electron chi connectivity index (χ2n) is 4.41. The van der Waals surface area contributed by atoms with Crippen molar-refractivity contribution in [1.29, 1.82) is 0 Å². The minimum atomic E-state index is -1.07. The van der Waals surface area contributed by atoms with Crippen molar-refractivity contribution >= 4 is 17.7 Å². The zero-order valence-corrected chi connectivity index (χ0v) is 10.1. The topological polar surface area (TPSA) is 89.7 Å². The zero-order chi connectivity index (χ0) is 13.8. The highest BCUT2D eigenvalue weighted by Crippen LogP contribution is 2.33. The van der Waals surface area contributed by atoms with Gasteiger partial charge in [-0.15, -0.1) is 0 Å². The first-order chi connectivity index (χ1) is 9.06. The Bertz CT molecular complexity index is 534. The molecule has 1 aromatic carbocycles. The van der Waals surface area contributed by atoms with Crippen molar-refractivity contribution in [2.45, 2.75) is 12.8 Å². The normalized spacial score (nSPS) is 14.5. The van der Waals surface area contributed by atoms with E-state index in [9.17, 15) is 14.9 Å². The fourth-order valence-corrected chi connectivity index (χ4v) is 1.56. The van der Waals surface area contributed by atoms with Gasteiger partial charge in [0.1, 0.15) is 0 Å². The molecule has 6 heteroatoms. The molecule has 0 spiro atoms. The molecule has 2 rings (SSSR count). The summed E-state index contributed by atoms with van der Waals surface area (Å²) in [5.41, 5.74) is 0.451. The molecule has 100 valence electrons. The van der Waals surface area contributed by atoms with Crippen LogP contribution in [0.3, 0.4) is 0 Å². The number of hydrogen-bond acceptors (Lipinski definition) is 4. The number of benzene rings is 1. The predicted octanol–water partition coefficient (Wildman–Crippen LogP) is 2.48. The highest BCUT2D eigenvalue weighted by molar-refractivity contribution is 5.85. The molecule has 6 nitrogen and oxygen atoms in total. The average molecular weight is 263 g/mol. The maximum atomic E-state index is 10.9. The third kappa shape index (κ3) is 3.80. The number of hydrogen-bond donors (Lipinski definition) is 1. The summed E-state index contributed by atoms with van der Waals surface area (Å²) in [5.74, 6) is -0.402. The van der Waals surface area contributed by atoms with Gasteiger partial charge in [-0.2, -0.15) is 0 Å². The molecule has 0 aliphatic heterocycles. The van der Waals surface area contributed by atoms with Gasteiger partial charge in [0.2, 0.25) is 0 Å². The van der Waals surface area contributed by atoms with Crippen LogP contribution in [0.5, 0.6) is 5.75 Å². The number of rotatable bonds is 6. The number of nitro benzene ring substituents is 1. The van der Waals surface area contributed by atoms with Gasteiger partial charge in [-0.1, -0.05) is 0 Å². The Hall–Kier alpha value is -2.37. The fraction of sp³-hybridized carbons (Fsp3) is 0.308. The molecule has 19 heavy (non-hydrogen) atoms. The lowest BCUT2D eigenvalue weighted by atomic mass is 10.1. The second-order valence-corrected chi connectivity index (χ2v) is 4.41. The number of nitro groups is 1. The lowest BCUT2D eigenvalue weighted by Crippen LogP contribution is -2.02. The summed E-state index contributed by atoms with van der Waals surface area (Å²) in [5, 5.41) is 19.4. The monoisotopic (exact) mass is 263 g/mol. The summed E-state index contributed by atoms with van der Waals surface area (Å²) < 4.78 is 5.45. The van der Waals surface area contributed by atoms with E-state index in [0.717, 1.165) is 18.9 Å². The molecule has 1 aliphatic carbocycles. The molecule has 0 saturated heterocycles. The zero-order valence-electron chi connectivity index (χ0n) is 10.1. The molecule has 1 saturated carbocycles. The van der Waals surface area contributed by atoms with Crippen LogP contribution in [-0.2, 0) is 4.79 Å². The van der Waals surface area contributed by atoms with Crippen molar-refractivity contribution in [3.05, 3.63) is 40.0 Å². The standard InChI is InChI=1S/C13H13NO5/c15-13(16)6-4-9-3-5-11(14(17)18)12(7-9)19-8-10-1-2-10/h3-7,10H,1-2,8H2,(H,15,16). The lowest BCUT2D eigenvalue weighted by molar-refractivity contribution is -0.385. The largest absolute Gasteiger partial charge is 0.487 e. The van der Waals surface area contributed by atoms with E-state index < -0.39 is 10.9 Å². The summed E-state index contributed by atoms with van der Waals surface area (Å²) in [7, 11) is 0. The Balaban J connectivity index is 2.20. The SMILES string of the molecule is O=C(O)C=Cc1ccc([N+](=O)[O-])c(OCC2CC2)c1. The molecule has 1 N–H and O–H groups in total. The molecular weight excluding hydrogens is 250 g/mol. The molecule has 1 aliphatic rings. The van der Waals surface area contributed by atoms with E-state index in [1.165, 1.54) is 24.3 Å². The van der Waals surface area contributed by atoms with Crippen LogP contribution in [-0.4, -0.2) is 22.6 Å². The Kier molecular flexibility index (Phi) is 3.79. The first-order valence-electron chi connectivity index (χ1n) is 5.88. The summed E-state index contributed by atoms with van der Waals surface area (Å²) >= 11 is 0. The average Bonchev–Trinajstić information content (AvgIpc) is 3.17. The quantitative estimate of drug-likeness (QED) is 0.483. The third-order valence-corrected chi connectivity index (χ3v) is 2.77. The Morgan fingerprint density at radius 2 is 2.26 bits per heavy atom. The van der Waals surface area contributed by atoms with Gasteiger partial charge in [0, 0.05) is 12.1 Å². The number of carbonyl (C=O) groups is 1. The van der Waals surface area contributed by atoms with Crippen molar-refractivity contribution < 1.29 is 19.6 Å². The van der Waals surface area contributed by atoms with Crippen LogP contribution in [0.25, 0.3) is 6.08 Å². The summed E-state index contributed by atoms with van der Waals surface area (Å²) in [6, 6.07) is 4.30. The van der Waals surface area contributed by atoms with Crippen molar-refractivity contribution in [3.8, 4) is 5.75 Å². The molecule has 0 amide bonds. The maximum absolute atomic E-state index is 10.9. The molecule has 0 heterocycles. The van der Waals surface area contributed by atoms with Crippen LogP contribution in [0.2, 0.25) is 0 Å². The molecule has 0 aromatic heterocycles. The summed E-state index contributed by atoms with van der Waals surface area (Å²) in [4.78, 5) is 20.8. The highest BCUT2D eigenvalue weighted by atomic mass is 16.6. The van der Waals surface area contributed by atoms with Crippen molar-refractivity contribution in [1.82, 2.24) is 0 Å². The van der Waals surface area contributed by atoms with E-state index in [4.69, 9.17) is 9.84 Å². The number of carboxylic acid groups (broad SMARTS) is 1. The first-order valence-corrected chi connectivity index (χ1v) is 5.88. The van der Waals surface area contributed by atoms with Gasteiger partial charge in [0.15, 0.2) is 5.75 Å². The molecular formula is C13H13NO5. The predicted molar refractivity (Wildman–Crippen MR) is 68.0 cm³/mol.